The number of nitrogens with zero attached hydrogens (tertiary/aromatic N) is 1. The number of aliphatic hydroxyl groups excluding tert-OH is 1. The van der Waals surface area contributed by atoms with E-state index in [0.717, 1.165) is 9.37 Å². The lowest BCUT2D eigenvalue weighted by atomic mass is 10.1. The van der Waals surface area contributed by atoms with Crippen LogP contribution in [0, 0.1) is 5.92 Å². The van der Waals surface area contributed by atoms with Gasteiger partial charge in [0.1, 0.15) is 0 Å². The predicted octanol–water partition coefficient (Wildman–Crippen LogP) is 1.88. The topological polar surface area (TPSA) is 57.6 Å². The van der Waals surface area contributed by atoms with Crippen LogP contribution in [0.15, 0.2) is 28.7 Å². The van der Waals surface area contributed by atoms with Gasteiger partial charge < -0.3 is 5.11 Å². The van der Waals surface area contributed by atoms with E-state index in [1.807, 2.05) is 6.07 Å². The van der Waals surface area contributed by atoms with Gasteiger partial charge in [0.15, 0.2) is 0 Å². The van der Waals surface area contributed by atoms with E-state index in [4.69, 9.17) is 0 Å². The van der Waals surface area contributed by atoms with Crippen molar-refractivity contribution < 1.29 is 14.7 Å². The molecule has 1 N–H and O–H groups in total. The van der Waals surface area contributed by atoms with Crippen LogP contribution in [-0.2, 0) is 9.59 Å². The Kier molecular flexibility index (Phi) is 3.82. The van der Waals surface area contributed by atoms with Gasteiger partial charge in [0, 0.05) is 16.8 Å². The molecule has 2 atom stereocenters. The Hall–Kier alpha value is -1.20. The molecular formula is C13H14BrNO3. The summed E-state index contributed by atoms with van der Waals surface area (Å²) in [6, 6.07) is 7.20. The van der Waals surface area contributed by atoms with Crippen LogP contribution in [0.1, 0.15) is 25.0 Å². The number of hydrogen-bond donors (Lipinski definition) is 1. The fraction of sp³-hybridized carbons (Fsp3) is 0.385. The van der Waals surface area contributed by atoms with Crippen LogP contribution >= 0.6 is 15.9 Å². The van der Waals surface area contributed by atoms with E-state index < -0.39 is 6.10 Å². The SMILES string of the molecule is CC1CC(=O)N(CC(O)c2cccc(Br)c2)C1=O. The van der Waals surface area contributed by atoms with Crippen molar-refractivity contribution in [2.24, 2.45) is 5.92 Å². The van der Waals surface area contributed by atoms with Crippen LogP contribution < -0.4 is 0 Å². The van der Waals surface area contributed by atoms with E-state index in [1.165, 1.54) is 0 Å². The molecule has 1 fully saturated rings. The number of amides is 2. The van der Waals surface area contributed by atoms with Crippen LogP contribution in [0.5, 0.6) is 0 Å². The number of carbonyl (C=O) groups excluding carboxylic acids is 2. The molecule has 0 aromatic heterocycles. The summed E-state index contributed by atoms with van der Waals surface area (Å²) in [7, 11) is 0. The van der Waals surface area contributed by atoms with Gasteiger partial charge in [-0.1, -0.05) is 35.0 Å². The van der Waals surface area contributed by atoms with E-state index >= 15 is 0 Å². The summed E-state index contributed by atoms with van der Waals surface area (Å²) in [6.07, 6.45) is -0.606. The van der Waals surface area contributed by atoms with E-state index in [2.05, 4.69) is 15.9 Å². The largest absolute Gasteiger partial charge is 0.387 e. The summed E-state index contributed by atoms with van der Waals surface area (Å²) < 4.78 is 0.853. The molecule has 1 aromatic carbocycles. The minimum Gasteiger partial charge on any atom is -0.387 e. The van der Waals surface area contributed by atoms with Gasteiger partial charge in [-0.3, -0.25) is 14.5 Å². The maximum atomic E-state index is 11.7. The number of benzene rings is 1. The zero-order valence-corrected chi connectivity index (χ0v) is 11.6. The summed E-state index contributed by atoms with van der Waals surface area (Å²) in [5, 5.41) is 10.1. The van der Waals surface area contributed by atoms with Crippen molar-refractivity contribution in [3.05, 3.63) is 34.3 Å². The minimum absolute atomic E-state index is 0.0262. The van der Waals surface area contributed by atoms with Crippen LogP contribution in [-0.4, -0.2) is 28.4 Å². The normalized spacial score (nSPS) is 21.5. The molecule has 0 radical (unpaired) electrons. The molecule has 1 saturated heterocycles. The molecular weight excluding hydrogens is 298 g/mol. The van der Waals surface area contributed by atoms with Gasteiger partial charge >= 0.3 is 0 Å². The lowest BCUT2D eigenvalue weighted by molar-refractivity contribution is -0.140. The monoisotopic (exact) mass is 311 g/mol. The number of hydrogen-bond acceptors (Lipinski definition) is 3. The van der Waals surface area contributed by atoms with E-state index in [9.17, 15) is 14.7 Å². The van der Waals surface area contributed by atoms with Gasteiger partial charge in [-0.15, -0.1) is 0 Å². The number of aliphatic hydroxyl groups is 1. The number of halogens is 1. The summed E-state index contributed by atoms with van der Waals surface area (Å²) in [5.41, 5.74) is 0.685. The van der Waals surface area contributed by atoms with Crippen LogP contribution in [0.2, 0.25) is 0 Å². The summed E-state index contributed by atoms with van der Waals surface area (Å²) >= 11 is 3.32. The van der Waals surface area contributed by atoms with Crippen LogP contribution in [0.25, 0.3) is 0 Å². The molecule has 1 aliphatic heterocycles. The molecule has 2 rings (SSSR count). The molecule has 0 spiro atoms. The Morgan fingerprint density at radius 1 is 1.50 bits per heavy atom. The highest BCUT2D eigenvalue weighted by Crippen LogP contribution is 2.24. The third kappa shape index (κ3) is 2.62. The van der Waals surface area contributed by atoms with Crippen molar-refractivity contribution in [1.29, 1.82) is 0 Å². The summed E-state index contributed by atoms with van der Waals surface area (Å²) in [6.45, 7) is 1.75. The molecule has 0 saturated carbocycles. The minimum atomic E-state index is -0.847. The maximum Gasteiger partial charge on any atom is 0.232 e. The van der Waals surface area contributed by atoms with E-state index in [0.29, 0.717) is 5.56 Å². The smallest absolute Gasteiger partial charge is 0.232 e. The van der Waals surface area contributed by atoms with Crippen molar-refractivity contribution in [3.63, 3.8) is 0 Å². The number of rotatable bonds is 3. The Bertz CT molecular complexity index is 489. The summed E-state index contributed by atoms with van der Waals surface area (Å²) in [5.74, 6) is -0.678. The standard InChI is InChI=1S/C13H14BrNO3/c1-8-5-12(17)15(13(8)18)7-11(16)9-3-2-4-10(14)6-9/h2-4,6,8,11,16H,5,7H2,1H3. The molecule has 4 nitrogen and oxygen atoms in total. The molecule has 1 aliphatic rings. The van der Waals surface area contributed by atoms with Crippen molar-refractivity contribution in [2.75, 3.05) is 6.54 Å². The second-order valence-electron chi connectivity index (χ2n) is 4.52. The Morgan fingerprint density at radius 2 is 2.22 bits per heavy atom. The second kappa shape index (κ2) is 5.20. The number of imide groups is 1. The van der Waals surface area contributed by atoms with Crippen LogP contribution in [0.4, 0.5) is 0 Å². The Balaban J connectivity index is 2.10. The first-order valence-corrected chi connectivity index (χ1v) is 6.56. The lowest BCUT2D eigenvalue weighted by Crippen LogP contribution is -2.34. The second-order valence-corrected chi connectivity index (χ2v) is 5.43. The molecule has 5 heteroatoms. The molecule has 2 unspecified atom stereocenters. The predicted molar refractivity (Wildman–Crippen MR) is 69.6 cm³/mol. The molecule has 1 aromatic rings. The molecule has 0 aliphatic carbocycles. The zero-order chi connectivity index (χ0) is 13.3. The first-order chi connectivity index (χ1) is 8.49. The van der Waals surface area contributed by atoms with Gasteiger partial charge in [-0.05, 0) is 17.7 Å². The third-order valence-electron chi connectivity index (χ3n) is 3.06. The van der Waals surface area contributed by atoms with Gasteiger partial charge in [-0.2, -0.15) is 0 Å². The Labute approximate surface area is 114 Å². The van der Waals surface area contributed by atoms with Gasteiger partial charge in [-0.25, -0.2) is 0 Å². The highest BCUT2D eigenvalue weighted by atomic mass is 79.9. The average molecular weight is 312 g/mol. The van der Waals surface area contributed by atoms with Gasteiger partial charge in [0.05, 0.1) is 12.6 Å². The molecule has 2 amide bonds. The highest BCUT2D eigenvalue weighted by molar-refractivity contribution is 9.10. The quantitative estimate of drug-likeness (QED) is 0.867. The maximum absolute atomic E-state index is 11.7. The highest BCUT2D eigenvalue weighted by Gasteiger charge is 2.36. The first-order valence-electron chi connectivity index (χ1n) is 5.76. The first kappa shape index (κ1) is 13.2. The van der Waals surface area contributed by atoms with E-state index in [1.54, 1.807) is 25.1 Å². The van der Waals surface area contributed by atoms with E-state index in [-0.39, 0.29) is 30.7 Å². The van der Waals surface area contributed by atoms with Crippen molar-refractivity contribution in [3.8, 4) is 0 Å². The number of β-amino-alcohol motifs (C(OH)–C–C–N with tert-alkyl or cyclic N) is 1. The fourth-order valence-electron chi connectivity index (χ4n) is 2.03. The Morgan fingerprint density at radius 3 is 2.78 bits per heavy atom. The van der Waals surface area contributed by atoms with Crippen LogP contribution in [0.3, 0.4) is 0 Å². The molecule has 0 bridgehead atoms. The number of likely N-dealkylation sites (tertiary alicyclic amines) is 1. The summed E-state index contributed by atoms with van der Waals surface area (Å²) in [4.78, 5) is 24.5. The third-order valence-corrected chi connectivity index (χ3v) is 3.55. The van der Waals surface area contributed by atoms with Crippen molar-refractivity contribution in [2.45, 2.75) is 19.4 Å². The molecule has 96 valence electrons. The fourth-order valence-corrected chi connectivity index (χ4v) is 2.45. The number of carbonyl (C=O) groups is 2. The lowest BCUT2D eigenvalue weighted by Gasteiger charge is -2.19. The van der Waals surface area contributed by atoms with Crippen molar-refractivity contribution >= 4 is 27.7 Å². The van der Waals surface area contributed by atoms with Gasteiger partial charge in [0.2, 0.25) is 11.8 Å². The van der Waals surface area contributed by atoms with Crippen molar-refractivity contribution in [1.82, 2.24) is 4.90 Å². The van der Waals surface area contributed by atoms with Gasteiger partial charge in [0.25, 0.3) is 0 Å². The average Bonchev–Trinajstić information content (AvgIpc) is 2.56. The zero-order valence-electron chi connectivity index (χ0n) is 9.97. The molecule has 1 heterocycles. The molecule has 18 heavy (non-hydrogen) atoms.